The summed E-state index contributed by atoms with van der Waals surface area (Å²) in [5.74, 6) is -2.16. The van der Waals surface area contributed by atoms with E-state index in [1.54, 1.807) is 0 Å². The van der Waals surface area contributed by atoms with Crippen LogP contribution in [0.25, 0.3) is 0 Å². The van der Waals surface area contributed by atoms with E-state index in [1.165, 1.54) is 0 Å². The summed E-state index contributed by atoms with van der Waals surface area (Å²) in [6.07, 6.45) is 1.36. The quantitative estimate of drug-likeness (QED) is 0.382. The molecule has 0 fully saturated rings. The zero-order chi connectivity index (χ0) is 13.8. The molecular formula is C11H18O6. The van der Waals surface area contributed by atoms with E-state index in [0.717, 1.165) is 6.08 Å². The largest absolute Gasteiger partial charge is 0.478 e. The summed E-state index contributed by atoms with van der Waals surface area (Å²) in [4.78, 5) is 19.5. The number of hydrogen-bond acceptors (Lipinski definition) is 4. The first-order chi connectivity index (χ1) is 7.86. The minimum Gasteiger partial charge on any atom is -0.478 e. The van der Waals surface area contributed by atoms with Gasteiger partial charge in [-0.15, -0.1) is 0 Å². The normalized spacial score (nSPS) is 10.7. The van der Waals surface area contributed by atoms with Crippen molar-refractivity contribution in [2.45, 2.75) is 25.4 Å². The van der Waals surface area contributed by atoms with E-state index in [4.69, 9.17) is 20.4 Å². The maximum atomic E-state index is 10.3. The fraction of sp³-hybridized carbons (Fsp3) is 0.455. The highest BCUT2D eigenvalue weighted by Gasteiger charge is 2.14. The standard InChI is InChI=1S/C8H14O4.C3H4O2/c1-6(8(11)12)7(10)4-2-3-5-9;1-2-3(4)5/h7,9-10H,1-5H2,(H,11,12);2H,1H2,(H,4,5). The molecule has 17 heavy (non-hydrogen) atoms. The van der Waals surface area contributed by atoms with Gasteiger partial charge in [-0.2, -0.15) is 0 Å². The number of aliphatic hydroxyl groups excluding tert-OH is 2. The van der Waals surface area contributed by atoms with Gasteiger partial charge >= 0.3 is 11.9 Å². The average Bonchev–Trinajstić information content (AvgIpc) is 2.28. The zero-order valence-corrected chi connectivity index (χ0v) is 9.50. The Balaban J connectivity index is 0. The molecule has 0 aliphatic carbocycles. The monoisotopic (exact) mass is 246 g/mol. The number of carbonyl (C=O) groups is 2. The van der Waals surface area contributed by atoms with Gasteiger partial charge in [0, 0.05) is 12.7 Å². The van der Waals surface area contributed by atoms with Gasteiger partial charge in [0.05, 0.1) is 11.7 Å². The molecule has 6 nitrogen and oxygen atoms in total. The van der Waals surface area contributed by atoms with Crippen molar-refractivity contribution in [2.75, 3.05) is 6.61 Å². The van der Waals surface area contributed by atoms with Crippen LogP contribution < -0.4 is 0 Å². The number of rotatable bonds is 7. The molecule has 0 rings (SSSR count). The van der Waals surface area contributed by atoms with Gasteiger partial charge < -0.3 is 20.4 Å². The maximum absolute atomic E-state index is 10.3. The Morgan fingerprint density at radius 3 is 2.00 bits per heavy atom. The second kappa shape index (κ2) is 10.8. The van der Waals surface area contributed by atoms with Crippen molar-refractivity contribution in [3.05, 3.63) is 24.8 Å². The van der Waals surface area contributed by atoms with Crippen molar-refractivity contribution >= 4 is 11.9 Å². The molecule has 1 atom stereocenters. The lowest BCUT2D eigenvalue weighted by atomic mass is 10.1. The molecule has 0 spiro atoms. The van der Waals surface area contributed by atoms with E-state index >= 15 is 0 Å². The van der Waals surface area contributed by atoms with Gasteiger partial charge in [-0.3, -0.25) is 0 Å². The highest BCUT2D eigenvalue weighted by atomic mass is 16.4. The fourth-order valence-electron chi connectivity index (χ4n) is 0.766. The number of carboxylic acid groups (broad SMARTS) is 2. The fourth-order valence-corrected chi connectivity index (χ4v) is 0.766. The molecule has 0 radical (unpaired) electrons. The van der Waals surface area contributed by atoms with E-state index in [9.17, 15) is 9.59 Å². The van der Waals surface area contributed by atoms with E-state index in [1.807, 2.05) is 0 Å². The van der Waals surface area contributed by atoms with Crippen molar-refractivity contribution in [2.24, 2.45) is 0 Å². The van der Waals surface area contributed by atoms with Crippen LogP contribution in [0.3, 0.4) is 0 Å². The number of unbranched alkanes of at least 4 members (excludes halogenated alkanes) is 1. The average molecular weight is 246 g/mol. The number of carboxylic acids is 2. The van der Waals surface area contributed by atoms with Crippen LogP contribution in [0.2, 0.25) is 0 Å². The predicted molar refractivity (Wildman–Crippen MR) is 61.6 cm³/mol. The Labute approximate surface area is 99.5 Å². The Bertz CT molecular complexity index is 271. The molecule has 0 amide bonds. The number of hydrogen-bond donors (Lipinski definition) is 4. The molecule has 0 aromatic rings. The summed E-state index contributed by atoms with van der Waals surface area (Å²) in [7, 11) is 0. The first-order valence-corrected chi connectivity index (χ1v) is 4.93. The summed E-state index contributed by atoms with van der Waals surface area (Å²) in [5, 5.41) is 33.6. The zero-order valence-electron chi connectivity index (χ0n) is 9.50. The Kier molecular flexibility index (Phi) is 11.3. The topological polar surface area (TPSA) is 115 Å². The molecular weight excluding hydrogens is 228 g/mol. The molecule has 1 unspecified atom stereocenters. The smallest absolute Gasteiger partial charge is 0.333 e. The van der Waals surface area contributed by atoms with Gasteiger partial charge in [0.15, 0.2) is 0 Å². The van der Waals surface area contributed by atoms with Gasteiger partial charge in [0.25, 0.3) is 0 Å². The summed E-state index contributed by atoms with van der Waals surface area (Å²) >= 11 is 0. The molecule has 98 valence electrons. The van der Waals surface area contributed by atoms with Crippen LogP contribution in [0, 0.1) is 0 Å². The number of aliphatic hydroxyl groups is 2. The third kappa shape index (κ3) is 12.3. The second-order valence-electron chi connectivity index (χ2n) is 3.11. The summed E-state index contributed by atoms with van der Waals surface area (Å²) in [6.45, 7) is 6.24. The Morgan fingerprint density at radius 2 is 1.71 bits per heavy atom. The van der Waals surface area contributed by atoms with Gasteiger partial charge in [0.2, 0.25) is 0 Å². The van der Waals surface area contributed by atoms with Crippen LogP contribution in [0.5, 0.6) is 0 Å². The van der Waals surface area contributed by atoms with Crippen molar-refractivity contribution in [1.29, 1.82) is 0 Å². The summed E-state index contributed by atoms with van der Waals surface area (Å²) in [5.41, 5.74) is -0.187. The SMILES string of the molecule is C=C(C(=O)O)C(O)CCCCO.C=CC(=O)O. The maximum Gasteiger partial charge on any atom is 0.333 e. The third-order valence-corrected chi connectivity index (χ3v) is 1.74. The minimum atomic E-state index is -1.17. The Hall–Kier alpha value is -1.66. The van der Waals surface area contributed by atoms with Crippen molar-refractivity contribution in [3.8, 4) is 0 Å². The summed E-state index contributed by atoms with van der Waals surface area (Å²) in [6, 6.07) is 0. The number of aliphatic carboxylic acids is 2. The third-order valence-electron chi connectivity index (χ3n) is 1.74. The molecule has 6 heteroatoms. The van der Waals surface area contributed by atoms with E-state index in [-0.39, 0.29) is 12.2 Å². The molecule has 0 aliphatic heterocycles. The van der Waals surface area contributed by atoms with E-state index < -0.39 is 18.0 Å². The lowest BCUT2D eigenvalue weighted by Crippen LogP contribution is -2.16. The molecule has 4 N–H and O–H groups in total. The highest BCUT2D eigenvalue weighted by Crippen LogP contribution is 2.08. The van der Waals surface area contributed by atoms with Crippen LogP contribution >= 0.6 is 0 Å². The van der Waals surface area contributed by atoms with Gasteiger partial charge in [0.1, 0.15) is 0 Å². The minimum absolute atomic E-state index is 0.0618. The van der Waals surface area contributed by atoms with Gasteiger partial charge in [-0.1, -0.05) is 13.2 Å². The lowest BCUT2D eigenvalue weighted by molar-refractivity contribution is -0.134. The molecule has 0 aromatic carbocycles. The van der Waals surface area contributed by atoms with Gasteiger partial charge in [-0.25, -0.2) is 9.59 Å². The first kappa shape index (κ1) is 17.7. The summed E-state index contributed by atoms with van der Waals surface area (Å²) < 4.78 is 0. The Morgan fingerprint density at radius 1 is 1.24 bits per heavy atom. The van der Waals surface area contributed by atoms with Crippen molar-refractivity contribution in [3.63, 3.8) is 0 Å². The van der Waals surface area contributed by atoms with E-state index in [0.29, 0.717) is 19.3 Å². The molecule has 0 bridgehead atoms. The molecule has 0 aliphatic rings. The molecule has 0 heterocycles. The van der Waals surface area contributed by atoms with Gasteiger partial charge in [-0.05, 0) is 19.3 Å². The van der Waals surface area contributed by atoms with Crippen molar-refractivity contribution in [1.82, 2.24) is 0 Å². The molecule has 0 saturated carbocycles. The first-order valence-electron chi connectivity index (χ1n) is 4.93. The molecule has 0 aromatic heterocycles. The van der Waals surface area contributed by atoms with Crippen LogP contribution in [-0.4, -0.2) is 45.1 Å². The van der Waals surface area contributed by atoms with Crippen LogP contribution in [0.4, 0.5) is 0 Å². The molecule has 0 saturated heterocycles. The van der Waals surface area contributed by atoms with Crippen molar-refractivity contribution < 1.29 is 30.0 Å². The van der Waals surface area contributed by atoms with E-state index in [2.05, 4.69) is 13.2 Å². The lowest BCUT2D eigenvalue weighted by Gasteiger charge is -2.08. The second-order valence-corrected chi connectivity index (χ2v) is 3.11. The predicted octanol–water partition coefficient (Wildman–Crippen LogP) is 0.408. The van der Waals surface area contributed by atoms with Crippen LogP contribution in [0.1, 0.15) is 19.3 Å². The highest BCUT2D eigenvalue weighted by molar-refractivity contribution is 5.86. The van der Waals surface area contributed by atoms with Crippen LogP contribution in [0.15, 0.2) is 24.8 Å². The van der Waals surface area contributed by atoms with Crippen LogP contribution in [-0.2, 0) is 9.59 Å².